The lowest BCUT2D eigenvalue weighted by molar-refractivity contribution is 0.291. The number of ether oxygens (including phenoxy) is 1. The van der Waals surface area contributed by atoms with Crippen LogP contribution in [0.2, 0.25) is 5.02 Å². The van der Waals surface area contributed by atoms with Crippen molar-refractivity contribution in [3.63, 3.8) is 0 Å². The zero-order chi connectivity index (χ0) is 15.7. The average molecular weight is 314 g/mol. The molecule has 3 heteroatoms. The Morgan fingerprint density at radius 2 is 1.86 bits per heavy atom. The fourth-order valence-electron chi connectivity index (χ4n) is 2.87. The van der Waals surface area contributed by atoms with Crippen molar-refractivity contribution >= 4 is 22.5 Å². The normalized spacial score (nSPS) is 11.3. The van der Waals surface area contributed by atoms with Crippen molar-refractivity contribution in [2.24, 2.45) is 0 Å². The van der Waals surface area contributed by atoms with Crippen LogP contribution in [0.3, 0.4) is 0 Å². The zero-order valence-corrected chi connectivity index (χ0v) is 13.9. The third-order valence-electron chi connectivity index (χ3n) is 3.88. The minimum absolute atomic E-state index is 0.327. The molecule has 1 aromatic heterocycles. The minimum Gasteiger partial charge on any atom is -0.487 e. The number of hydrogen-bond donors (Lipinski definition) is 0. The van der Waals surface area contributed by atoms with Crippen LogP contribution >= 0.6 is 11.6 Å². The first-order valence-corrected chi connectivity index (χ1v) is 7.92. The summed E-state index contributed by atoms with van der Waals surface area (Å²) in [5.74, 6) is 0.925. The number of aromatic nitrogens is 1. The standard InChI is InChI=1S/C19H20ClNO/c1-13(2)21-16(11-15-8-6-9-17(20)19(15)21)12-22-18-10-5-4-7-14(18)3/h4-11,13H,12H2,1-3H3. The number of nitrogens with zero attached hydrogens (tertiary/aromatic N) is 1. The molecule has 0 unspecified atom stereocenters. The Hall–Kier alpha value is -1.93. The molecule has 22 heavy (non-hydrogen) atoms. The van der Waals surface area contributed by atoms with E-state index in [-0.39, 0.29) is 0 Å². The fourth-order valence-corrected chi connectivity index (χ4v) is 3.14. The Labute approximate surface area is 136 Å². The maximum atomic E-state index is 6.40. The molecule has 0 saturated carbocycles. The minimum atomic E-state index is 0.327. The number of halogens is 1. The molecule has 0 amide bonds. The SMILES string of the molecule is Cc1ccccc1OCc1cc2cccc(Cl)c2n1C(C)C. The Kier molecular flexibility index (Phi) is 4.12. The Morgan fingerprint density at radius 1 is 1.09 bits per heavy atom. The van der Waals surface area contributed by atoms with Crippen LogP contribution in [-0.4, -0.2) is 4.57 Å². The molecule has 3 rings (SSSR count). The van der Waals surface area contributed by atoms with Crippen LogP contribution in [0.5, 0.6) is 5.75 Å². The van der Waals surface area contributed by atoms with E-state index in [0.717, 1.165) is 32.9 Å². The summed E-state index contributed by atoms with van der Waals surface area (Å²) < 4.78 is 8.28. The topological polar surface area (TPSA) is 14.2 Å². The second-order valence-corrected chi connectivity index (χ2v) is 6.24. The second kappa shape index (κ2) is 6.05. The summed E-state index contributed by atoms with van der Waals surface area (Å²) in [5, 5.41) is 1.94. The van der Waals surface area contributed by atoms with Crippen LogP contribution in [0.25, 0.3) is 10.9 Å². The van der Waals surface area contributed by atoms with E-state index in [1.54, 1.807) is 0 Å². The number of para-hydroxylation sites is 2. The van der Waals surface area contributed by atoms with Gasteiger partial charge >= 0.3 is 0 Å². The first kappa shape index (κ1) is 15.0. The number of rotatable bonds is 4. The number of hydrogen-bond acceptors (Lipinski definition) is 1. The highest BCUT2D eigenvalue weighted by atomic mass is 35.5. The third-order valence-corrected chi connectivity index (χ3v) is 4.18. The highest BCUT2D eigenvalue weighted by Gasteiger charge is 2.14. The molecule has 0 fully saturated rings. The molecule has 0 aliphatic heterocycles. The maximum absolute atomic E-state index is 6.40. The van der Waals surface area contributed by atoms with Crippen molar-refractivity contribution in [1.82, 2.24) is 4.57 Å². The van der Waals surface area contributed by atoms with Crippen molar-refractivity contribution in [3.8, 4) is 5.75 Å². The predicted octanol–water partition coefficient (Wildman–Crippen LogP) is 5.76. The van der Waals surface area contributed by atoms with Crippen molar-refractivity contribution in [3.05, 3.63) is 64.8 Å². The van der Waals surface area contributed by atoms with E-state index in [2.05, 4.69) is 43.5 Å². The van der Waals surface area contributed by atoms with E-state index >= 15 is 0 Å². The molecule has 0 aliphatic carbocycles. The molecule has 2 aromatic carbocycles. The summed E-state index contributed by atoms with van der Waals surface area (Å²) in [6.07, 6.45) is 0. The summed E-state index contributed by atoms with van der Waals surface area (Å²) >= 11 is 6.40. The molecule has 3 aromatic rings. The summed E-state index contributed by atoms with van der Waals surface area (Å²) in [6.45, 7) is 6.93. The zero-order valence-electron chi connectivity index (χ0n) is 13.1. The van der Waals surface area contributed by atoms with Crippen LogP contribution < -0.4 is 4.74 Å². The van der Waals surface area contributed by atoms with Gasteiger partial charge in [-0.15, -0.1) is 0 Å². The van der Waals surface area contributed by atoms with E-state index in [1.165, 1.54) is 0 Å². The van der Waals surface area contributed by atoms with Crippen molar-refractivity contribution in [1.29, 1.82) is 0 Å². The van der Waals surface area contributed by atoms with Crippen molar-refractivity contribution in [2.45, 2.75) is 33.4 Å². The lowest BCUT2D eigenvalue weighted by Crippen LogP contribution is -2.08. The van der Waals surface area contributed by atoms with Gasteiger partial charge in [-0.25, -0.2) is 0 Å². The van der Waals surface area contributed by atoms with Gasteiger partial charge in [0, 0.05) is 11.4 Å². The molecular formula is C19H20ClNO. The molecule has 114 valence electrons. The van der Waals surface area contributed by atoms with Crippen LogP contribution in [0.4, 0.5) is 0 Å². The van der Waals surface area contributed by atoms with Gasteiger partial charge in [-0.05, 0) is 44.5 Å². The first-order valence-electron chi connectivity index (χ1n) is 7.54. The van der Waals surface area contributed by atoms with E-state index in [1.807, 2.05) is 30.3 Å². The summed E-state index contributed by atoms with van der Waals surface area (Å²) in [5.41, 5.74) is 3.37. The summed E-state index contributed by atoms with van der Waals surface area (Å²) in [4.78, 5) is 0. The van der Waals surface area contributed by atoms with E-state index in [9.17, 15) is 0 Å². The molecule has 0 N–H and O–H groups in total. The molecular weight excluding hydrogens is 294 g/mol. The van der Waals surface area contributed by atoms with Gasteiger partial charge in [0.1, 0.15) is 12.4 Å². The molecule has 0 radical (unpaired) electrons. The molecule has 0 spiro atoms. The van der Waals surface area contributed by atoms with Gasteiger partial charge in [0.25, 0.3) is 0 Å². The van der Waals surface area contributed by atoms with Crippen LogP contribution in [0.1, 0.15) is 31.1 Å². The molecule has 0 saturated heterocycles. The highest BCUT2D eigenvalue weighted by Crippen LogP contribution is 2.30. The largest absolute Gasteiger partial charge is 0.487 e. The number of benzene rings is 2. The number of aryl methyl sites for hydroxylation is 1. The second-order valence-electron chi connectivity index (χ2n) is 5.83. The summed E-state index contributed by atoms with van der Waals surface area (Å²) in [7, 11) is 0. The Balaban J connectivity index is 1.99. The van der Waals surface area contributed by atoms with Gasteiger partial charge in [0.2, 0.25) is 0 Å². The van der Waals surface area contributed by atoms with Crippen molar-refractivity contribution < 1.29 is 4.74 Å². The number of fused-ring (bicyclic) bond motifs is 1. The average Bonchev–Trinajstić information content (AvgIpc) is 2.86. The summed E-state index contributed by atoms with van der Waals surface area (Å²) in [6, 6.07) is 16.6. The monoisotopic (exact) mass is 313 g/mol. The van der Waals surface area contributed by atoms with E-state index < -0.39 is 0 Å². The fraction of sp³-hybridized carbons (Fsp3) is 0.263. The first-order chi connectivity index (χ1) is 10.6. The molecule has 1 heterocycles. The lowest BCUT2D eigenvalue weighted by Gasteiger charge is -2.16. The van der Waals surface area contributed by atoms with Gasteiger partial charge in [0.15, 0.2) is 0 Å². The van der Waals surface area contributed by atoms with Gasteiger partial charge in [-0.2, -0.15) is 0 Å². The molecule has 0 atom stereocenters. The van der Waals surface area contributed by atoms with Gasteiger partial charge in [-0.1, -0.05) is 41.9 Å². The quantitative estimate of drug-likeness (QED) is 0.597. The van der Waals surface area contributed by atoms with Crippen LogP contribution in [-0.2, 0) is 6.61 Å². The molecule has 2 nitrogen and oxygen atoms in total. The van der Waals surface area contributed by atoms with Gasteiger partial charge < -0.3 is 9.30 Å². The third kappa shape index (κ3) is 2.71. The molecule has 0 bridgehead atoms. The highest BCUT2D eigenvalue weighted by molar-refractivity contribution is 6.35. The van der Waals surface area contributed by atoms with Crippen molar-refractivity contribution in [2.75, 3.05) is 0 Å². The van der Waals surface area contributed by atoms with Crippen LogP contribution in [0, 0.1) is 6.92 Å². The van der Waals surface area contributed by atoms with E-state index in [0.29, 0.717) is 12.6 Å². The predicted molar refractivity (Wildman–Crippen MR) is 92.8 cm³/mol. The Bertz CT molecular complexity index is 804. The van der Waals surface area contributed by atoms with Gasteiger partial charge in [-0.3, -0.25) is 0 Å². The maximum Gasteiger partial charge on any atom is 0.128 e. The van der Waals surface area contributed by atoms with E-state index in [4.69, 9.17) is 16.3 Å². The smallest absolute Gasteiger partial charge is 0.128 e. The lowest BCUT2D eigenvalue weighted by atomic mass is 10.2. The Morgan fingerprint density at radius 3 is 2.59 bits per heavy atom. The van der Waals surface area contributed by atoms with Gasteiger partial charge in [0.05, 0.1) is 16.2 Å². The van der Waals surface area contributed by atoms with Crippen LogP contribution in [0.15, 0.2) is 48.5 Å². The molecule has 0 aliphatic rings.